The summed E-state index contributed by atoms with van der Waals surface area (Å²) in [6.07, 6.45) is 4.56. The van der Waals surface area contributed by atoms with Crippen LogP contribution in [0.15, 0.2) is 25.7 Å². The molecule has 6 heteroatoms. The van der Waals surface area contributed by atoms with Gasteiger partial charge >= 0.3 is 11.9 Å². The standard InChI is InChI=1S/C14H22O6/c1-3-19-10-14(13(17)18,11-20-4-2)9-7-5-6-8-12(15)16/h3-4H,1-2,5-11H2,(H,15,16)(H,17,18). The zero-order valence-corrected chi connectivity index (χ0v) is 11.5. The van der Waals surface area contributed by atoms with Gasteiger partial charge in [0.2, 0.25) is 0 Å². The molecule has 0 saturated heterocycles. The summed E-state index contributed by atoms with van der Waals surface area (Å²) in [5.74, 6) is -1.86. The average Bonchev–Trinajstić information content (AvgIpc) is 2.40. The zero-order valence-electron chi connectivity index (χ0n) is 11.5. The van der Waals surface area contributed by atoms with Crippen molar-refractivity contribution >= 4 is 11.9 Å². The van der Waals surface area contributed by atoms with Crippen molar-refractivity contribution in [1.82, 2.24) is 0 Å². The van der Waals surface area contributed by atoms with Crippen molar-refractivity contribution in [2.75, 3.05) is 13.2 Å². The van der Waals surface area contributed by atoms with E-state index in [0.717, 1.165) is 0 Å². The smallest absolute Gasteiger partial charge is 0.316 e. The van der Waals surface area contributed by atoms with E-state index in [1.165, 1.54) is 12.5 Å². The van der Waals surface area contributed by atoms with Crippen molar-refractivity contribution in [3.63, 3.8) is 0 Å². The first kappa shape index (κ1) is 18.0. The Morgan fingerprint density at radius 2 is 1.55 bits per heavy atom. The first-order valence-electron chi connectivity index (χ1n) is 6.38. The van der Waals surface area contributed by atoms with Gasteiger partial charge in [0, 0.05) is 6.42 Å². The molecule has 0 aromatic carbocycles. The van der Waals surface area contributed by atoms with E-state index in [0.29, 0.717) is 25.7 Å². The summed E-state index contributed by atoms with van der Waals surface area (Å²) in [5.41, 5.74) is -1.17. The number of carboxylic acids is 2. The first-order valence-corrected chi connectivity index (χ1v) is 6.38. The largest absolute Gasteiger partial charge is 0.500 e. The molecule has 20 heavy (non-hydrogen) atoms. The Bertz CT molecular complexity index is 325. The van der Waals surface area contributed by atoms with Gasteiger partial charge in [-0.3, -0.25) is 9.59 Å². The molecule has 0 fully saturated rings. The molecule has 0 aliphatic carbocycles. The number of rotatable bonds is 13. The van der Waals surface area contributed by atoms with E-state index in [9.17, 15) is 14.7 Å². The lowest BCUT2D eigenvalue weighted by Crippen LogP contribution is -2.39. The molecule has 0 saturated carbocycles. The summed E-state index contributed by atoms with van der Waals surface area (Å²) in [7, 11) is 0. The third-order valence-corrected chi connectivity index (χ3v) is 2.95. The molecular weight excluding hydrogens is 264 g/mol. The average molecular weight is 286 g/mol. The minimum absolute atomic E-state index is 0.0431. The molecule has 0 amide bonds. The summed E-state index contributed by atoms with van der Waals surface area (Å²) < 4.78 is 10.1. The summed E-state index contributed by atoms with van der Waals surface area (Å²) in [4.78, 5) is 21.9. The number of unbranched alkanes of at least 4 members (excludes halogenated alkanes) is 2. The second-order valence-corrected chi connectivity index (χ2v) is 4.50. The number of ether oxygens (including phenoxy) is 2. The molecule has 0 aromatic heterocycles. The first-order chi connectivity index (χ1) is 9.48. The maximum absolute atomic E-state index is 11.5. The fourth-order valence-corrected chi connectivity index (χ4v) is 1.77. The lowest BCUT2D eigenvalue weighted by molar-refractivity contribution is -0.156. The fraction of sp³-hybridized carbons (Fsp3) is 0.571. The summed E-state index contributed by atoms with van der Waals surface area (Å²) in [6, 6.07) is 0. The Morgan fingerprint density at radius 3 is 1.95 bits per heavy atom. The maximum Gasteiger partial charge on any atom is 0.316 e. The monoisotopic (exact) mass is 286 g/mol. The number of aliphatic carboxylic acids is 2. The minimum atomic E-state index is -1.17. The van der Waals surface area contributed by atoms with Crippen LogP contribution in [0.3, 0.4) is 0 Å². The van der Waals surface area contributed by atoms with E-state index in [1.807, 2.05) is 0 Å². The molecule has 0 spiro atoms. The highest BCUT2D eigenvalue weighted by Crippen LogP contribution is 2.27. The number of carboxylic acid groups (broad SMARTS) is 2. The van der Waals surface area contributed by atoms with E-state index >= 15 is 0 Å². The molecule has 0 aliphatic heterocycles. The Labute approximate surface area is 118 Å². The van der Waals surface area contributed by atoms with Crippen molar-refractivity contribution < 1.29 is 29.3 Å². The molecule has 0 rings (SSSR count). The van der Waals surface area contributed by atoms with Gasteiger partial charge in [-0.15, -0.1) is 0 Å². The van der Waals surface area contributed by atoms with E-state index < -0.39 is 17.4 Å². The molecule has 0 radical (unpaired) electrons. The van der Waals surface area contributed by atoms with Gasteiger partial charge in [-0.1, -0.05) is 26.0 Å². The molecule has 0 heterocycles. The number of hydrogen-bond acceptors (Lipinski definition) is 4. The van der Waals surface area contributed by atoms with Crippen LogP contribution in [0.4, 0.5) is 0 Å². The fourth-order valence-electron chi connectivity index (χ4n) is 1.77. The van der Waals surface area contributed by atoms with Gasteiger partial charge in [0.05, 0.1) is 12.5 Å². The molecule has 0 aliphatic rings. The van der Waals surface area contributed by atoms with Gasteiger partial charge in [-0.2, -0.15) is 0 Å². The summed E-state index contributed by atoms with van der Waals surface area (Å²) in [6.45, 7) is 6.70. The van der Waals surface area contributed by atoms with Crippen LogP contribution in [0, 0.1) is 5.41 Å². The van der Waals surface area contributed by atoms with E-state index in [-0.39, 0.29) is 19.6 Å². The zero-order chi connectivity index (χ0) is 15.4. The highest BCUT2D eigenvalue weighted by molar-refractivity contribution is 5.75. The predicted octanol–water partition coefficient (Wildman–Crippen LogP) is 2.41. The van der Waals surface area contributed by atoms with Gasteiger partial charge in [0.25, 0.3) is 0 Å². The number of hydrogen-bond donors (Lipinski definition) is 2. The normalized spacial score (nSPS) is 10.6. The summed E-state index contributed by atoms with van der Waals surface area (Å²) >= 11 is 0. The Hall–Kier alpha value is -1.98. The van der Waals surface area contributed by atoms with Crippen LogP contribution in [0.1, 0.15) is 32.1 Å². The van der Waals surface area contributed by atoms with Gasteiger partial charge in [0.15, 0.2) is 0 Å². The van der Waals surface area contributed by atoms with Crippen LogP contribution in [-0.4, -0.2) is 35.4 Å². The van der Waals surface area contributed by atoms with Crippen LogP contribution >= 0.6 is 0 Å². The SMILES string of the molecule is C=COCC(CCCCCC(=O)O)(COC=C)C(=O)O. The molecule has 6 nitrogen and oxygen atoms in total. The molecule has 0 aromatic rings. The molecule has 114 valence electrons. The second-order valence-electron chi connectivity index (χ2n) is 4.50. The Kier molecular flexibility index (Phi) is 8.91. The molecule has 0 unspecified atom stereocenters. The predicted molar refractivity (Wildman–Crippen MR) is 73.1 cm³/mol. The third kappa shape index (κ3) is 6.82. The van der Waals surface area contributed by atoms with Gasteiger partial charge in [-0.05, 0) is 12.8 Å². The second kappa shape index (κ2) is 9.89. The quantitative estimate of drug-likeness (QED) is 0.399. The van der Waals surface area contributed by atoms with E-state index in [1.54, 1.807) is 0 Å². The molecular formula is C14H22O6. The van der Waals surface area contributed by atoms with E-state index in [2.05, 4.69) is 13.2 Å². The van der Waals surface area contributed by atoms with Crippen molar-refractivity contribution in [2.45, 2.75) is 32.1 Å². The van der Waals surface area contributed by atoms with Crippen LogP contribution in [0.25, 0.3) is 0 Å². The lowest BCUT2D eigenvalue weighted by Gasteiger charge is -2.27. The molecule has 0 atom stereocenters. The van der Waals surface area contributed by atoms with Crippen LogP contribution < -0.4 is 0 Å². The molecule has 0 bridgehead atoms. The van der Waals surface area contributed by atoms with E-state index in [4.69, 9.17) is 14.6 Å². The van der Waals surface area contributed by atoms with Crippen LogP contribution in [0.5, 0.6) is 0 Å². The Balaban J connectivity index is 4.47. The van der Waals surface area contributed by atoms with Gasteiger partial charge in [0.1, 0.15) is 18.6 Å². The van der Waals surface area contributed by atoms with Gasteiger partial charge < -0.3 is 19.7 Å². The van der Waals surface area contributed by atoms with Crippen molar-refractivity contribution in [3.8, 4) is 0 Å². The topological polar surface area (TPSA) is 93.1 Å². The Morgan fingerprint density at radius 1 is 1.00 bits per heavy atom. The third-order valence-electron chi connectivity index (χ3n) is 2.95. The van der Waals surface area contributed by atoms with Crippen molar-refractivity contribution in [2.24, 2.45) is 5.41 Å². The minimum Gasteiger partial charge on any atom is -0.500 e. The summed E-state index contributed by atoms with van der Waals surface area (Å²) in [5, 5.41) is 17.9. The highest BCUT2D eigenvalue weighted by Gasteiger charge is 2.39. The highest BCUT2D eigenvalue weighted by atomic mass is 16.5. The van der Waals surface area contributed by atoms with Crippen molar-refractivity contribution in [1.29, 1.82) is 0 Å². The van der Waals surface area contributed by atoms with Crippen LogP contribution in [0.2, 0.25) is 0 Å². The number of carbonyl (C=O) groups is 2. The van der Waals surface area contributed by atoms with Crippen LogP contribution in [-0.2, 0) is 19.1 Å². The maximum atomic E-state index is 11.5. The lowest BCUT2D eigenvalue weighted by atomic mass is 9.84. The van der Waals surface area contributed by atoms with Gasteiger partial charge in [-0.25, -0.2) is 0 Å². The molecule has 2 N–H and O–H groups in total. The van der Waals surface area contributed by atoms with Crippen molar-refractivity contribution in [3.05, 3.63) is 25.7 Å².